The number of rotatable bonds is 4. The van der Waals surface area contributed by atoms with Gasteiger partial charge in [-0.1, -0.05) is 24.9 Å². The van der Waals surface area contributed by atoms with Gasteiger partial charge in [-0.2, -0.15) is 11.8 Å². The summed E-state index contributed by atoms with van der Waals surface area (Å²) in [4.78, 5) is 4.00. The predicted octanol–water partition coefficient (Wildman–Crippen LogP) is 3.82. The number of anilines is 1. The molecule has 1 heterocycles. The van der Waals surface area contributed by atoms with Gasteiger partial charge in [-0.15, -0.1) is 0 Å². The van der Waals surface area contributed by atoms with Gasteiger partial charge in [-0.05, 0) is 24.7 Å². The second kappa shape index (κ2) is 5.78. The van der Waals surface area contributed by atoms with Crippen molar-refractivity contribution in [2.75, 3.05) is 11.1 Å². The van der Waals surface area contributed by atoms with Crippen molar-refractivity contribution >= 4 is 29.1 Å². The third kappa shape index (κ3) is 2.83. The van der Waals surface area contributed by atoms with Gasteiger partial charge in [0.2, 0.25) is 0 Å². The number of aromatic nitrogens is 1. The van der Waals surface area contributed by atoms with Gasteiger partial charge in [0.05, 0.1) is 10.7 Å². The minimum atomic E-state index is 0.560. The fraction of sp³-hybridized carbons (Fsp3) is 0.583. The van der Waals surface area contributed by atoms with Crippen LogP contribution >= 0.6 is 23.4 Å². The summed E-state index contributed by atoms with van der Waals surface area (Å²) in [5.41, 5.74) is 1.02. The Morgan fingerprint density at radius 1 is 1.56 bits per heavy atom. The molecule has 16 heavy (non-hydrogen) atoms. The number of hydrogen-bond acceptors (Lipinski definition) is 3. The highest BCUT2D eigenvalue weighted by atomic mass is 35.5. The second-order valence-corrected chi connectivity index (χ2v) is 5.95. The molecule has 0 radical (unpaired) electrons. The third-order valence-corrected chi connectivity index (χ3v) is 4.57. The molecule has 1 saturated carbocycles. The van der Waals surface area contributed by atoms with E-state index in [-0.39, 0.29) is 0 Å². The Morgan fingerprint density at radius 2 is 2.44 bits per heavy atom. The highest BCUT2D eigenvalue weighted by molar-refractivity contribution is 7.99. The molecule has 1 aliphatic rings. The number of pyridine rings is 1. The number of nitrogens with zero attached hydrogens (tertiary/aromatic N) is 1. The molecule has 1 aromatic rings. The summed E-state index contributed by atoms with van der Waals surface area (Å²) >= 11 is 8.15. The molecule has 4 heteroatoms. The Kier molecular flexibility index (Phi) is 4.36. The summed E-state index contributed by atoms with van der Waals surface area (Å²) in [6.45, 7) is 2.22. The smallest absolute Gasteiger partial charge is 0.0820 e. The first kappa shape index (κ1) is 12.1. The van der Waals surface area contributed by atoms with Crippen LogP contribution in [-0.2, 0) is 0 Å². The summed E-state index contributed by atoms with van der Waals surface area (Å²) in [5, 5.41) is 5.00. The first-order valence-corrected chi connectivity index (χ1v) is 7.21. The lowest BCUT2D eigenvalue weighted by atomic mass is 10.2. The molecular weight excluding hydrogens is 240 g/mol. The van der Waals surface area contributed by atoms with Gasteiger partial charge in [-0.3, -0.25) is 4.98 Å². The highest BCUT2D eigenvalue weighted by Gasteiger charge is 2.27. The summed E-state index contributed by atoms with van der Waals surface area (Å²) in [7, 11) is 0. The van der Waals surface area contributed by atoms with E-state index in [9.17, 15) is 0 Å². The Morgan fingerprint density at radius 3 is 3.19 bits per heavy atom. The van der Waals surface area contributed by atoms with Crippen LogP contribution in [0, 0.1) is 0 Å². The Balaban J connectivity index is 2.01. The minimum absolute atomic E-state index is 0.560. The maximum atomic E-state index is 6.10. The van der Waals surface area contributed by atoms with E-state index in [1.54, 1.807) is 12.4 Å². The molecule has 1 aliphatic carbocycles. The highest BCUT2D eigenvalue weighted by Crippen LogP contribution is 2.33. The van der Waals surface area contributed by atoms with Crippen LogP contribution in [0.1, 0.15) is 26.2 Å². The van der Waals surface area contributed by atoms with E-state index in [0.29, 0.717) is 6.04 Å². The molecule has 0 amide bonds. The standard InChI is InChI=1S/C12H17ClN2S/c1-2-16-12-5-3-4-11(12)15-10-6-7-14-8-9(10)13/h6-8,11-12H,2-5H2,1H3,(H,14,15). The largest absolute Gasteiger partial charge is 0.380 e. The van der Waals surface area contributed by atoms with Crippen LogP contribution in [0.15, 0.2) is 18.5 Å². The molecule has 0 aliphatic heterocycles. The molecule has 2 unspecified atom stereocenters. The number of thioether (sulfide) groups is 1. The fourth-order valence-electron chi connectivity index (χ4n) is 2.20. The van der Waals surface area contributed by atoms with Crippen molar-refractivity contribution in [2.45, 2.75) is 37.5 Å². The lowest BCUT2D eigenvalue weighted by Gasteiger charge is -2.21. The van der Waals surface area contributed by atoms with E-state index in [4.69, 9.17) is 11.6 Å². The van der Waals surface area contributed by atoms with E-state index in [1.807, 2.05) is 6.07 Å². The summed E-state index contributed by atoms with van der Waals surface area (Å²) in [6, 6.07) is 2.51. The van der Waals surface area contributed by atoms with Gasteiger partial charge in [0.25, 0.3) is 0 Å². The molecular formula is C12H17ClN2S. The molecule has 0 aromatic carbocycles. The van der Waals surface area contributed by atoms with Crippen LogP contribution in [0.2, 0.25) is 5.02 Å². The first-order chi connectivity index (χ1) is 7.81. The Bertz CT molecular complexity index is 346. The maximum absolute atomic E-state index is 6.10. The molecule has 2 atom stereocenters. The van der Waals surface area contributed by atoms with Crippen LogP contribution < -0.4 is 5.32 Å². The van der Waals surface area contributed by atoms with Crippen molar-refractivity contribution in [1.29, 1.82) is 0 Å². The monoisotopic (exact) mass is 256 g/mol. The molecule has 2 rings (SSSR count). The summed E-state index contributed by atoms with van der Waals surface area (Å²) < 4.78 is 0. The topological polar surface area (TPSA) is 24.9 Å². The Labute approximate surface area is 106 Å². The lowest BCUT2D eigenvalue weighted by molar-refractivity contribution is 0.767. The fourth-order valence-corrected chi connectivity index (χ4v) is 3.57. The van der Waals surface area contributed by atoms with Crippen molar-refractivity contribution in [3.05, 3.63) is 23.5 Å². The van der Waals surface area contributed by atoms with E-state index >= 15 is 0 Å². The number of halogens is 1. The quantitative estimate of drug-likeness (QED) is 0.887. The average molecular weight is 257 g/mol. The lowest BCUT2D eigenvalue weighted by Crippen LogP contribution is -2.26. The van der Waals surface area contributed by atoms with Crippen LogP contribution in [0.5, 0.6) is 0 Å². The van der Waals surface area contributed by atoms with Crippen LogP contribution in [0.3, 0.4) is 0 Å². The van der Waals surface area contributed by atoms with Crippen molar-refractivity contribution in [2.24, 2.45) is 0 Å². The normalized spacial score (nSPS) is 24.6. The zero-order chi connectivity index (χ0) is 11.4. The first-order valence-electron chi connectivity index (χ1n) is 5.79. The molecule has 2 nitrogen and oxygen atoms in total. The van der Waals surface area contributed by atoms with E-state index < -0.39 is 0 Å². The third-order valence-electron chi connectivity index (χ3n) is 2.95. The summed E-state index contributed by atoms with van der Waals surface area (Å²) in [6.07, 6.45) is 7.36. The molecule has 0 spiro atoms. The van der Waals surface area contributed by atoms with Crippen molar-refractivity contribution in [3.8, 4) is 0 Å². The van der Waals surface area contributed by atoms with Crippen molar-refractivity contribution in [1.82, 2.24) is 4.98 Å². The summed E-state index contributed by atoms with van der Waals surface area (Å²) in [5.74, 6) is 1.19. The predicted molar refractivity (Wildman–Crippen MR) is 72.4 cm³/mol. The minimum Gasteiger partial charge on any atom is -0.380 e. The van der Waals surface area contributed by atoms with E-state index in [1.165, 1.54) is 25.0 Å². The maximum Gasteiger partial charge on any atom is 0.0820 e. The van der Waals surface area contributed by atoms with Crippen molar-refractivity contribution < 1.29 is 0 Å². The SMILES string of the molecule is CCSC1CCCC1Nc1ccncc1Cl. The number of nitrogens with one attached hydrogen (secondary N) is 1. The van der Waals surface area contributed by atoms with Gasteiger partial charge < -0.3 is 5.32 Å². The molecule has 0 saturated heterocycles. The van der Waals surface area contributed by atoms with Gasteiger partial charge in [0.1, 0.15) is 0 Å². The van der Waals surface area contributed by atoms with Gasteiger partial charge in [-0.25, -0.2) is 0 Å². The van der Waals surface area contributed by atoms with E-state index in [2.05, 4.69) is 29.0 Å². The zero-order valence-electron chi connectivity index (χ0n) is 9.45. The second-order valence-electron chi connectivity index (χ2n) is 4.03. The molecule has 1 aromatic heterocycles. The average Bonchev–Trinajstić information content (AvgIpc) is 2.70. The molecule has 0 bridgehead atoms. The molecule has 1 N–H and O–H groups in total. The van der Waals surface area contributed by atoms with Crippen LogP contribution in [0.25, 0.3) is 0 Å². The van der Waals surface area contributed by atoms with Crippen molar-refractivity contribution in [3.63, 3.8) is 0 Å². The zero-order valence-corrected chi connectivity index (χ0v) is 11.0. The van der Waals surface area contributed by atoms with Crippen LogP contribution in [0.4, 0.5) is 5.69 Å². The van der Waals surface area contributed by atoms with Gasteiger partial charge in [0.15, 0.2) is 0 Å². The van der Waals surface area contributed by atoms with Gasteiger partial charge >= 0.3 is 0 Å². The number of hydrogen-bond donors (Lipinski definition) is 1. The Hall–Kier alpha value is -0.410. The molecule has 88 valence electrons. The van der Waals surface area contributed by atoms with Gasteiger partial charge in [0, 0.05) is 23.7 Å². The van der Waals surface area contributed by atoms with Crippen LogP contribution in [-0.4, -0.2) is 22.0 Å². The molecule has 1 fully saturated rings. The van der Waals surface area contributed by atoms with E-state index in [0.717, 1.165) is 16.0 Å².